The van der Waals surface area contributed by atoms with Gasteiger partial charge in [0, 0.05) is 11.5 Å². The van der Waals surface area contributed by atoms with Gasteiger partial charge in [0.1, 0.15) is 11.9 Å². The molecule has 2 nitrogen and oxygen atoms in total. The first-order valence-corrected chi connectivity index (χ1v) is 7.00. The predicted molar refractivity (Wildman–Crippen MR) is 70.8 cm³/mol. The van der Waals surface area contributed by atoms with Crippen LogP contribution in [0.4, 0.5) is 0 Å². The second-order valence-electron chi connectivity index (χ2n) is 3.90. The predicted octanol–water partition coefficient (Wildman–Crippen LogP) is 2.60. The highest BCUT2D eigenvalue weighted by atomic mass is 35.5. The van der Waals surface area contributed by atoms with Crippen molar-refractivity contribution in [3.63, 3.8) is 0 Å². The van der Waals surface area contributed by atoms with Crippen molar-refractivity contribution >= 4 is 23.4 Å². The molecule has 1 N–H and O–H groups in total. The van der Waals surface area contributed by atoms with Gasteiger partial charge in [-0.15, -0.1) is 0 Å². The van der Waals surface area contributed by atoms with Crippen molar-refractivity contribution in [1.29, 1.82) is 0 Å². The summed E-state index contributed by atoms with van der Waals surface area (Å²) in [6.45, 7) is 0.968. The molecule has 1 aliphatic heterocycles. The second kappa shape index (κ2) is 5.80. The normalized spacial score (nSPS) is 15.9. The molecule has 0 amide bonds. The molecule has 0 unspecified atom stereocenters. The summed E-state index contributed by atoms with van der Waals surface area (Å²) >= 11 is 8.09. The van der Waals surface area contributed by atoms with Crippen molar-refractivity contribution in [1.82, 2.24) is 5.32 Å². The highest BCUT2D eigenvalue weighted by molar-refractivity contribution is 8.00. The third kappa shape index (κ3) is 3.06. The first-order valence-electron chi connectivity index (χ1n) is 5.47. The van der Waals surface area contributed by atoms with Gasteiger partial charge in [0.05, 0.1) is 5.02 Å². The molecule has 2 rings (SSSR count). The molecule has 0 atom stereocenters. The summed E-state index contributed by atoms with van der Waals surface area (Å²) in [7, 11) is 1.95. The van der Waals surface area contributed by atoms with Crippen molar-refractivity contribution in [2.45, 2.75) is 12.5 Å². The van der Waals surface area contributed by atoms with Crippen LogP contribution in [-0.2, 0) is 6.42 Å². The number of rotatable bonds is 5. The van der Waals surface area contributed by atoms with E-state index in [1.54, 1.807) is 0 Å². The van der Waals surface area contributed by atoms with E-state index in [1.807, 2.05) is 30.9 Å². The van der Waals surface area contributed by atoms with E-state index < -0.39 is 0 Å². The summed E-state index contributed by atoms with van der Waals surface area (Å²) in [5, 5.41) is 3.85. The molecule has 1 fully saturated rings. The van der Waals surface area contributed by atoms with Gasteiger partial charge in [-0.1, -0.05) is 17.7 Å². The number of ether oxygens (including phenoxy) is 1. The largest absolute Gasteiger partial charge is 0.487 e. The smallest absolute Gasteiger partial charge is 0.138 e. The van der Waals surface area contributed by atoms with Crippen molar-refractivity contribution < 1.29 is 4.74 Å². The minimum absolute atomic E-state index is 0.352. The summed E-state index contributed by atoms with van der Waals surface area (Å²) in [5.41, 5.74) is 1.25. The van der Waals surface area contributed by atoms with Gasteiger partial charge in [-0.3, -0.25) is 0 Å². The molecule has 4 heteroatoms. The van der Waals surface area contributed by atoms with Crippen LogP contribution in [0.1, 0.15) is 5.56 Å². The van der Waals surface area contributed by atoms with E-state index >= 15 is 0 Å². The fraction of sp³-hybridized carbons (Fsp3) is 0.500. The van der Waals surface area contributed by atoms with Gasteiger partial charge in [0.25, 0.3) is 0 Å². The first kappa shape index (κ1) is 12.1. The van der Waals surface area contributed by atoms with E-state index in [4.69, 9.17) is 16.3 Å². The SMILES string of the molecule is CNCCc1ccc(OC2CSC2)c(Cl)c1. The zero-order valence-electron chi connectivity index (χ0n) is 9.33. The highest BCUT2D eigenvalue weighted by Crippen LogP contribution is 2.30. The van der Waals surface area contributed by atoms with Gasteiger partial charge < -0.3 is 10.1 Å². The molecule has 1 saturated heterocycles. The zero-order chi connectivity index (χ0) is 11.4. The maximum atomic E-state index is 6.18. The third-order valence-electron chi connectivity index (χ3n) is 2.56. The van der Waals surface area contributed by atoms with Crippen molar-refractivity contribution in [2.75, 3.05) is 25.1 Å². The Morgan fingerprint density at radius 1 is 1.50 bits per heavy atom. The van der Waals surface area contributed by atoms with Crippen LogP contribution >= 0.6 is 23.4 Å². The lowest BCUT2D eigenvalue weighted by molar-refractivity contribution is 0.240. The summed E-state index contributed by atoms with van der Waals surface area (Å²) in [6.07, 6.45) is 1.35. The fourth-order valence-electron chi connectivity index (χ4n) is 1.53. The van der Waals surface area contributed by atoms with E-state index in [9.17, 15) is 0 Å². The Hall–Kier alpha value is -0.380. The summed E-state index contributed by atoms with van der Waals surface area (Å²) in [6, 6.07) is 6.07. The molecule has 88 valence electrons. The summed E-state index contributed by atoms with van der Waals surface area (Å²) in [4.78, 5) is 0. The Labute approximate surface area is 106 Å². The molecule has 0 bridgehead atoms. The average molecular weight is 258 g/mol. The van der Waals surface area contributed by atoms with Crippen molar-refractivity contribution in [3.05, 3.63) is 28.8 Å². The topological polar surface area (TPSA) is 21.3 Å². The molecule has 0 radical (unpaired) electrons. The lowest BCUT2D eigenvalue weighted by atomic mass is 10.1. The monoisotopic (exact) mass is 257 g/mol. The van der Waals surface area contributed by atoms with Gasteiger partial charge in [-0.25, -0.2) is 0 Å². The standard InChI is InChI=1S/C12H16ClNOS/c1-14-5-4-9-2-3-12(11(13)6-9)15-10-7-16-8-10/h2-3,6,10,14H,4-5,7-8H2,1H3. The number of halogens is 1. The zero-order valence-corrected chi connectivity index (χ0v) is 10.9. The molecule has 0 saturated carbocycles. The van der Waals surface area contributed by atoms with E-state index in [0.29, 0.717) is 6.10 Å². The molecular weight excluding hydrogens is 242 g/mol. The molecule has 0 spiro atoms. The summed E-state index contributed by atoms with van der Waals surface area (Å²) in [5.74, 6) is 2.98. The number of thioether (sulfide) groups is 1. The molecule has 1 heterocycles. The maximum absolute atomic E-state index is 6.18. The Bertz CT molecular complexity index is 355. The van der Waals surface area contributed by atoms with Crippen LogP contribution in [0.25, 0.3) is 0 Å². The number of likely N-dealkylation sites (N-methyl/N-ethyl adjacent to an activating group) is 1. The second-order valence-corrected chi connectivity index (χ2v) is 5.38. The number of nitrogens with one attached hydrogen (secondary N) is 1. The molecule has 16 heavy (non-hydrogen) atoms. The molecule has 0 aliphatic carbocycles. The van der Waals surface area contributed by atoms with Crippen LogP contribution in [0.3, 0.4) is 0 Å². The van der Waals surface area contributed by atoms with Crippen molar-refractivity contribution in [2.24, 2.45) is 0 Å². The van der Waals surface area contributed by atoms with E-state index in [1.165, 1.54) is 5.56 Å². The van der Waals surface area contributed by atoms with E-state index in [-0.39, 0.29) is 0 Å². The minimum atomic E-state index is 0.352. The highest BCUT2D eigenvalue weighted by Gasteiger charge is 2.20. The Morgan fingerprint density at radius 3 is 2.88 bits per heavy atom. The summed E-state index contributed by atoms with van der Waals surface area (Å²) < 4.78 is 5.77. The van der Waals surface area contributed by atoms with Gasteiger partial charge in [-0.2, -0.15) is 11.8 Å². The van der Waals surface area contributed by atoms with Gasteiger partial charge in [0.15, 0.2) is 0 Å². The van der Waals surface area contributed by atoms with Gasteiger partial charge in [-0.05, 0) is 37.7 Å². The van der Waals surface area contributed by atoms with E-state index in [0.717, 1.165) is 35.2 Å². The average Bonchev–Trinajstić information content (AvgIpc) is 2.22. The number of hydrogen-bond acceptors (Lipinski definition) is 3. The Balaban J connectivity index is 1.97. The van der Waals surface area contributed by atoms with Crippen LogP contribution in [0, 0.1) is 0 Å². The molecule has 1 aromatic carbocycles. The Kier molecular flexibility index (Phi) is 4.38. The van der Waals surface area contributed by atoms with Gasteiger partial charge in [0.2, 0.25) is 0 Å². The van der Waals surface area contributed by atoms with Gasteiger partial charge >= 0.3 is 0 Å². The van der Waals surface area contributed by atoms with Crippen LogP contribution in [0.15, 0.2) is 18.2 Å². The fourth-order valence-corrected chi connectivity index (χ4v) is 2.34. The number of benzene rings is 1. The van der Waals surface area contributed by atoms with Crippen LogP contribution < -0.4 is 10.1 Å². The minimum Gasteiger partial charge on any atom is -0.487 e. The first-order chi connectivity index (χ1) is 7.79. The molecule has 0 aromatic heterocycles. The molecular formula is C12H16ClNOS. The molecule has 1 aromatic rings. The van der Waals surface area contributed by atoms with Crippen LogP contribution in [-0.4, -0.2) is 31.2 Å². The third-order valence-corrected chi connectivity index (χ3v) is 4.07. The molecule has 1 aliphatic rings. The lowest BCUT2D eigenvalue weighted by Gasteiger charge is -2.26. The Morgan fingerprint density at radius 2 is 2.31 bits per heavy atom. The number of hydrogen-bond donors (Lipinski definition) is 1. The maximum Gasteiger partial charge on any atom is 0.138 e. The quantitative estimate of drug-likeness (QED) is 0.876. The van der Waals surface area contributed by atoms with Crippen LogP contribution in [0.5, 0.6) is 5.75 Å². The van der Waals surface area contributed by atoms with E-state index in [2.05, 4.69) is 11.4 Å². The van der Waals surface area contributed by atoms with Crippen LogP contribution in [0.2, 0.25) is 5.02 Å². The lowest BCUT2D eigenvalue weighted by Crippen LogP contribution is -2.31. The van der Waals surface area contributed by atoms with Crippen molar-refractivity contribution in [3.8, 4) is 5.75 Å².